The van der Waals surface area contributed by atoms with E-state index in [2.05, 4.69) is 14.9 Å². The van der Waals surface area contributed by atoms with Crippen LogP contribution in [0.5, 0.6) is 0 Å². The number of halogens is 1. The number of nitrogens with two attached hydrogens (primary N) is 1. The SMILES string of the molecule is Cn1c(CN=C(N)N2CCCCCC2)nc2cccc(Cl)c21. The summed E-state index contributed by atoms with van der Waals surface area (Å²) in [6, 6.07) is 5.76. The summed E-state index contributed by atoms with van der Waals surface area (Å²) in [5, 5.41) is 0.711. The van der Waals surface area contributed by atoms with E-state index in [1.165, 1.54) is 25.7 Å². The van der Waals surface area contributed by atoms with Crippen molar-refractivity contribution < 1.29 is 0 Å². The van der Waals surface area contributed by atoms with Gasteiger partial charge in [-0.15, -0.1) is 0 Å². The topological polar surface area (TPSA) is 59.4 Å². The lowest BCUT2D eigenvalue weighted by Crippen LogP contribution is -2.38. The molecule has 0 radical (unpaired) electrons. The molecule has 1 fully saturated rings. The van der Waals surface area contributed by atoms with E-state index in [4.69, 9.17) is 17.3 Å². The number of aryl methyl sites for hydroxylation is 1. The van der Waals surface area contributed by atoms with Crippen LogP contribution in [0.1, 0.15) is 31.5 Å². The quantitative estimate of drug-likeness (QED) is 0.684. The number of fused-ring (bicyclic) bond motifs is 1. The summed E-state index contributed by atoms with van der Waals surface area (Å²) in [6.45, 7) is 2.48. The molecule has 0 amide bonds. The highest BCUT2D eigenvalue weighted by Gasteiger charge is 2.13. The van der Waals surface area contributed by atoms with Crippen LogP contribution in [-0.4, -0.2) is 33.5 Å². The van der Waals surface area contributed by atoms with Crippen molar-refractivity contribution in [3.05, 3.63) is 29.0 Å². The molecular formula is C16H22ClN5. The maximum atomic E-state index is 6.25. The number of hydrogen-bond acceptors (Lipinski definition) is 2. The van der Waals surface area contributed by atoms with E-state index in [-0.39, 0.29) is 0 Å². The summed E-state index contributed by atoms with van der Waals surface area (Å²) in [7, 11) is 1.97. The Hall–Kier alpha value is -1.75. The Balaban J connectivity index is 1.79. The van der Waals surface area contributed by atoms with Crippen LogP contribution < -0.4 is 5.73 Å². The molecule has 1 saturated heterocycles. The minimum Gasteiger partial charge on any atom is -0.370 e. The number of guanidine groups is 1. The molecule has 2 heterocycles. The first-order valence-electron chi connectivity index (χ1n) is 7.81. The number of nitrogens with zero attached hydrogens (tertiary/aromatic N) is 4. The Kier molecular flexibility index (Phi) is 4.52. The highest BCUT2D eigenvalue weighted by atomic mass is 35.5. The molecule has 1 aromatic carbocycles. The van der Waals surface area contributed by atoms with Crippen LogP contribution in [0.4, 0.5) is 0 Å². The first-order chi connectivity index (χ1) is 10.7. The molecule has 0 saturated carbocycles. The highest BCUT2D eigenvalue weighted by molar-refractivity contribution is 6.35. The van der Waals surface area contributed by atoms with E-state index in [0.29, 0.717) is 17.5 Å². The molecule has 1 aromatic heterocycles. The monoisotopic (exact) mass is 319 g/mol. The van der Waals surface area contributed by atoms with Gasteiger partial charge in [0.25, 0.3) is 0 Å². The molecule has 1 aliphatic rings. The summed E-state index contributed by atoms with van der Waals surface area (Å²) in [5.74, 6) is 1.50. The van der Waals surface area contributed by atoms with Crippen LogP contribution in [0.2, 0.25) is 5.02 Å². The van der Waals surface area contributed by atoms with Gasteiger partial charge >= 0.3 is 0 Å². The lowest BCUT2D eigenvalue weighted by atomic mass is 10.2. The van der Waals surface area contributed by atoms with Crippen molar-refractivity contribution in [2.45, 2.75) is 32.2 Å². The second kappa shape index (κ2) is 6.57. The summed E-state index contributed by atoms with van der Waals surface area (Å²) >= 11 is 6.25. The molecule has 0 unspecified atom stereocenters. The molecule has 0 spiro atoms. The lowest BCUT2D eigenvalue weighted by Gasteiger charge is -2.20. The average Bonchev–Trinajstić information content (AvgIpc) is 2.69. The maximum Gasteiger partial charge on any atom is 0.191 e. The van der Waals surface area contributed by atoms with Gasteiger partial charge in [-0.1, -0.05) is 30.5 Å². The number of imidazole rings is 1. The Morgan fingerprint density at radius 1 is 1.27 bits per heavy atom. The zero-order valence-corrected chi connectivity index (χ0v) is 13.7. The average molecular weight is 320 g/mol. The third-order valence-corrected chi connectivity index (χ3v) is 4.56. The molecule has 2 N–H and O–H groups in total. The third-order valence-electron chi connectivity index (χ3n) is 4.25. The van der Waals surface area contributed by atoms with Gasteiger partial charge in [-0.2, -0.15) is 0 Å². The first-order valence-corrected chi connectivity index (χ1v) is 8.19. The van der Waals surface area contributed by atoms with Gasteiger partial charge < -0.3 is 15.2 Å². The molecular weight excluding hydrogens is 298 g/mol. The van der Waals surface area contributed by atoms with Gasteiger partial charge in [0.1, 0.15) is 12.4 Å². The number of rotatable bonds is 2. The van der Waals surface area contributed by atoms with Crippen molar-refractivity contribution in [2.24, 2.45) is 17.8 Å². The molecule has 3 rings (SSSR count). The van der Waals surface area contributed by atoms with E-state index in [1.54, 1.807) is 0 Å². The Morgan fingerprint density at radius 3 is 2.68 bits per heavy atom. The van der Waals surface area contributed by atoms with Crippen LogP contribution in [0, 0.1) is 0 Å². The Bertz CT molecular complexity index is 683. The minimum atomic E-state index is 0.476. The predicted molar refractivity (Wildman–Crippen MR) is 91.1 cm³/mol. The fourth-order valence-electron chi connectivity index (χ4n) is 2.96. The van der Waals surface area contributed by atoms with E-state index in [9.17, 15) is 0 Å². The van der Waals surface area contributed by atoms with Crippen LogP contribution in [0.25, 0.3) is 11.0 Å². The van der Waals surface area contributed by atoms with Crippen molar-refractivity contribution in [3.8, 4) is 0 Å². The number of benzene rings is 1. The van der Waals surface area contributed by atoms with E-state index >= 15 is 0 Å². The fourth-order valence-corrected chi connectivity index (χ4v) is 3.26. The van der Waals surface area contributed by atoms with Gasteiger partial charge in [0.05, 0.1) is 16.1 Å². The fraction of sp³-hybridized carbons (Fsp3) is 0.500. The maximum absolute atomic E-state index is 6.25. The van der Waals surface area contributed by atoms with Gasteiger partial charge in [-0.05, 0) is 25.0 Å². The number of aliphatic imine (C=N–C) groups is 1. The van der Waals surface area contributed by atoms with E-state index in [1.807, 2.05) is 29.8 Å². The lowest BCUT2D eigenvalue weighted by molar-refractivity contribution is 0.428. The van der Waals surface area contributed by atoms with Gasteiger partial charge in [0, 0.05) is 20.1 Å². The summed E-state index contributed by atoms with van der Waals surface area (Å²) < 4.78 is 2.00. The standard InChI is InChI=1S/C16H22ClN5/c1-21-14(20-13-8-6-7-12(17)15(13)21)11-19-16(18)22-9-4-2-3-5-10-22/h6-8H,2-5,9-11H2,1H3,(H2,18,19). The normalized spacial score (nSPS) is 17.0. The van der Waals surface area contributed by atoms with Crippen LogP contribution >= 0.6 is 11.6 Å². The highest BCUT2D eigenvalue weighted by Crippen LogP contribution is 2.23. The number of likely N-dealkylation sites (tertiary alicyclic amines) is 1. The number of para-hydroxylation sites is 1. The molecule has 118 valence electrons. The van der Waals surface area contributed by atoms with Gasteiger partial charge in [0.15, 0.2) is 5.96 Å². The Labute approximate surface area is 135 Å². The van der Waals surface area contributed by atoms with E-state index < -0.39 is 0 Å². The second-order valence-corrected chi connectivity index (χ2v) is 6.18. The van der Waals surface area contributed by atoms with Gasteiger partial charge in [0.2, 0.25) is 0 Å². The van der Waals surface area contributed by atoms with Crippen molar-refractivity contribution >= 4 is 28.6 Å². The summed E-state index contributed by atoms with van der Waals surface area (Å²) in [5.41, 5.74) is 8.00. The summed E-state index contributed by atoms with van der Waals surface area (Å²) in [4.78, 5) is 11.3. The molecule has 0 bridgehead atoms. The van der Waals surface area contributed by atoms with Gasteiger partial charge in [-0.25, -0.2) is 9.98 Å². The molecule has 1 aliphatic heterocycles. The number of aromatic nitrogens is 2. The van der Waals surface area contributed by atoms with Crippen molar-refractivity contribution in [3.63, 3.8) is 0 Å². The van der Waals surface area contributed by atoms with Gasteiger partial charge in [-0.3, -0.25) is 0 Å². The third kappa shape index (κ3) is 3.04. The molecule has 5 nitrogen and oxygen atoms in total. The van der Waals surface area contributed by atoms with Crippen molar-refractivity contribution in [1.82, 2.24) is 14.5 Å². The van der Waals surface area contributed by atoms with Crippen LogP contribution in [-0.2, 0) is 13.6 Å². The van der Waals surface area contributed by atoms with Crippen molar-refractivity contribution in [1.29, 1.82) is 0 Å². The van der Waals surface area contributed by atoms with Crippen molar-refractivity contribution in [2.75, 3.05) is 13.1 Å². The molecule has 0 atom stereocenters. The first kappa shape index (κ1) is 15.2. The molecule has 2 aromatic rings. The van der Waals surface area contributed by atoms with Crippen LogP contribution in [0.15, 0.2) is 23.2 Å². The smallest absolute Gasteiger partial charge is 0.191 e. The van der Waals surface area contributed by atoms with Crippen LogP contribution in [0.3, 0.4) is 0 Å². The largest absolute Gasteiger partial charge is 0.370 e. The Morgan fingerprint density at radius 2 is 2.00 bits per heavy atom. The zero-order chi connectivity index (χ0) is 15.5. The molecule has 6 heteroatoms. The zero-order valence-electron chi connectivity index (χ0n) is 12.9. The molecule has 0 aliphatic carbocycles. The minimum absolute atomic E-state index is 0.476. The number of hydrogen-bond donors (Lipinski definition) is 1. The predicted octanol–water partition coefficient (Wildman–Crippen LogP) is 2.92. The summed E-state index contributed by atoms with van der Waals surface area (Å²) in [6.07, 6.45) is 4.95. The molecule has 22 heavy (non-hydrogen) atoms. The second-order valence-electron chi connectivity index (χ2n) is 5.77. The van der Waals surface area contributed by atoms with E-state index in [0.717, 1.165) is 29.9 Å².